The lowest BCUT2D eigenvalue weighted by atomic mass is 10.0. The SMILES string of the molecule is O=C1CN(C(=O)C[C@H]2CCOC2)CCN1CCc1ccccc1. The smallest absolute Gasteiger partial charge is 0.242 e. The number of amides is 2. The number of ether oxygens (including phenoxy) is 1. The summed E-state index contributed by atoms with van der Waals surface area (Å²) < 4.78 is 5.31. The zero-order valence-corrected chi connectivity index (χ0v) is 13.4. The van der Waals surface area contributed by atoms with Crippen molar-refractivity contribution in [3.05, 3.63) is 35.9 Å². The van der Waals surface area contributed by atoms with E-state index in [1.165, 1.54) is 5.56 Å². The van der Waals surface area contributed by atoms with Gasteiger partial charge in [-0.05, 0) is 24.3 Å². The standard InChI is InChI=1S/C18H24N2O3/c21-17(12-16-7-11-23-14-16)20-10-9-19(18(22)13-20)8-6-15-4-2-1-3-5-15/h1-5,16H,6-14H2/t16-/m1/s1. The van der Waals surface area contributed by atoms with Crippen molar-refractivity contribution < 1.29 is 14.3 Å². The summed E-state index contributed by atoms with van der Waals surface area (Å²) >= 11 is 0. The number of hydrogen-bond donors (Lipinski definition) is 0. The molecule has 1 aromatic rings. The molecule has 0 spiro atoms. The minimum Gasteiger partial charge on any atom is -0.381 e. The zero-order valence-electron chi connectivity index (χ0n) is 13.4. The molecular formula is C18H24N2O3. The Labute approximate surface area is 137 Å². The Kier molecular flexibility index (Phi) is 5.28. The van der Waals surface area contributed by atoms with E-state index < -0.39 is 0 Å². The second-order valence-corrected chi connectivity index (χ2v) is 6.37. The van der Waals surface area contributed by atoms with E-state index in [0.717, 1.165) is 26.0 Å². The first-order valence-electron chi connectivity index (χ1n) is 8.39. The van der Waals surface area contributed by atoms with Crippen molar-refractivity contribution in [2.45, 2.75) is 19.3 Å². The topological polar surface area (TPSA) is 49.9 Å². The summed E-state index contributed by atoms with van der Waals surface area (Å²) in [4.78, 5) is 28.1. The molecular weight excluding hydrogens is 292 g/mol. The number of rotatable bonds is 5. The molecule has 1 atom stereocenters. The Balaban J connectivity index is 1.45. The average Bonchev–Trinajstić information content (AvgIpc) is 3.07. The highest BCUT2D eigenvalue weighted by Crippen LogP contribution is 2.18. The average molecular weight is 316 g/mol. The molecule has 0 saturated carbocycles. The first-order chi connectivity index (χ1) is 11.2. The lowest BCUT2D eigenvalue weighted by molar-refractivity contribution is -0.145. The minimum absolute atomic E-state index is 0.0585. The second-order valence-electron chi connectivity index (χ2n) is 6.37. The maximum absolute atomic E-state index is 12.3. The molecule has 0 unspecified atom stereocenters. The fourth-order valence-corrected chi connectivity index (χ4v) is 3.19. The van der Waals surface area contributed by atoms with Crippen molar-refractivity contribution in [3.8, 4) is 0 Å². The van der Waals surface area contributed by atoms with E-state index in [-0.39, 0.29) is 18.4 Å². The second kappa shape index (κ2) is 7.59. The highest BCUT2D eigenvalue weighted by atomic mass is 16.5. The van der Waals surface area contributed by atoms with Gasteiger partial charge in [-0.15, -0.1) is 0 Å². The van der Waals surface area contributed by atoms with Crippen molar-refractivity contribution in [1.82, 2.24) is 9.80 Å². The van der Waals surface area contributed by atoms with Crippen LogP contribution < -0.4 is 0 Å². The third-order valence-corrected chi connectivity index (χ3v) is 4.67. The quantitative estimate of drug-likeness (QED) is 0.823. The van der Waals surface area contributed by atoms with E-state index in [9.17, 15) is 9.59 Å². The molecule has 0 aliphatic carbocycles. The summed E-state index contributed by atoms with van der Waals surface area (Å²) in [6, 6.07) is 10.2. The molecule has 2 fully saturated rings. The van der Waals surface area contributed by atoms with Gasteiger partial charge in [0.1, 0.15) is 0 Å². The molecule has 0 aromatic heterocycles. The molecule has 0 radical (unpaired) electrons. The van der Waals surface area contributed by atoms with Crippen LogP contribution in [0.1, 0.15) is 18.4 Å². The third-order valence-electron chi connectivity index (χ3n) is 4.67. The van der Waals surface area contributed by atoms with E-state index in [2.05, 4.69) is 12.1 Å². The van der Waals surface area contributed by atoms with Crippen LogP contribution >= 0.6 is 0 Å². The monoisotopic (exact) mass is 316 g/mol. The van der Waals surface area contributed by atoms with Crippen molar-refractivity contribution in [2.75, 3.05) is 39.4 Å². The highest BCUT2D eigenvalue weighted by molar-refractivity contribution is 5.86. The van der Waals surface area contributed by atoms with Crippen LogP contribution in [0.25, 0.3) is 0 Å². The van der Waals surface area contributed by atoms with E-state index in [0.29, 0.717) is 32.0 Å². The van der Waals surface area contributed by atoms with Gasteiger partial charge < -0.3 is 14.5 Å². The van der Waals surface area contributed by atoms with Gasteiger partial charge in [0, 0.05) is 39.3 Å². The van der Waals surface area contributed by atoms with Gasteiger partial charge in [-0.3, -0.25) is 9.59 Å². The van der Waals surface area contributed by atoms with Gasteiger partial charge in [-0.2, -0.15) is 0 Å². The zero-order chi connectivity index (χ0) is 16.1. The molecule has 1 aromatic carbocycles. The Bertz CT molecular complexity index is 540. The van der Waals surface area contributed by atoms with E-state index in [4.69, 9.17) is 4.74 Å². The van der Waals surface area contributed by atoms with Gasteiger partial charge >= 0.3 is 0 Å². The lowest BCUT2D eigenvalue weighted by Crippen LogP contribution is -2.52. The number of nitrogens with zero attached hydrogens (tertiary/aromatic N) is 2. The first kappa shape index (κ1) is 16.0. The third kappa shape index (κ3) is 4.32. The van der Waals surface area contributed by atoms with Gasteiger partial charge in [0.2, 0.25) is 11.8 Å². The molecule has 124 valence electrons. The number of benzene rings is 1. The van der Waals surface area contributed by atoms with Gasteiger partial charge in [-0.1, -0.05) is 30.3 Å². The molecule has 3 rings (SSSR count). The summed E-state index contributed by atoms with van der Waals surface area (Å²) in [5.41, 5.74) is 1.24. The largest absolute Gasteiger partial charge is 0.381 e. The lowest BCUT2D eigenvalue weighted by Gasteiger charge is -2.34. The van der Waals surface area contributed by atoms with Crippen molar-refractivity contribution >= 4 is 11.8 Å². The summed E-state index contributed by atoms with van der Waals surface area (Å²) in [6.07, 6.45) is 2.33. The molecule has 2 aliphatic rings. The van der Waals surface area contributed by atoms with Gasteiger partial charge in [-0.25, -0.2) is 0 Å². The van der Waals surface area contributed by atoms with E-state index in [1.54, 1.807) is 4.90 Å². The predicted molar refractivity (Wildman–Crippen MR) is 86.8 cm³/mol. The van der Waals surface area contributed by atoms with Crippen LogP contribution in [-0.4, -0.2) is 61.0 Å². The van der Waals surface area contributed by atoms with Crippen LogP contribution in [0.5, 0.6) is 0 Å². The van der Waals surface area contributed by atoms with E-state index >= 15 is 0 Å². The van der Waals surface area contributed by atoms with Crippen LogP contribution in [0.4, 0.5) is 0 Å². The van der Waals surface area contributed by atoms with Crippen molar-refractivity contribution in [3.63, 3.8) is 0 Å². The molecule has 0 bridgehead atoms. The molecule has 23 heavy (non-hydrogen) atoms. The Morgan fingerprint density at radius 2 is 2.04 bits per heavy atom. The van der Waals surface area contributed by atoms with Crippen LogP contribution in [0, 0.1) is 5.92 Å². The molecule has 2 amide bonds. The van der Waals surface area contributed by atoms with Crippen molar-refractivity contribution in [1.29, 1.82) is 0 Å². The maximum atomic E-state index is 12.3. The van der Waals surface area contributed by atoms with Gasteiger partial charge in [0.05, 0.1) is 6.54 Å². The van der Waals surface area contributed by atoms with Gasteiger partial charge in [0.15, 0.2) is 0 Å². The molecule has 2 heterocycles. The Morgan fingerprint density at radius 1 is 1.22 bits per heavy atom. The molecule has 5 heteroatoms. The van der Waals surface area contributed by atoms with Crippen LogP contribution in [-0.2, 0) is 20.7 Å². The number of hydrogen-bond acceptors (Lipinski definition) is 3. The predicted octanol–water partition coefficient (Wildman–Crippen LogP) is 1.33. The Hall–Kier alpha value is -1.88. The fraction of sp³-hybridized carbons (Fsp3) is 0.556. The summed E-state index contributed by atoms with van der Waals surface area (Å²) in [5.74, 6) is 0.480. The number of piperazine rings is 1. The molecule has 2 saturated heterocycles. The maximum Gasteiger partial charge on any atom is 0.242 e. The Morgan fingerprint density at radius 3 is 2.74 bits per heavy atom. The fourth-order valence-electron chi connectivity index (χ4n) is 3.19. The molecule has 0 N–H and O–H groups in total. The molecule has 2 aliphatic heterocycles. The normalized spacial score (nSPS) is 21.7. The first-order valence-corrected chi connectivity index (χ1v) is 8.39. The van der Waals surface area contributed by atoms with Crippen LogP contribution in [0.15, 0.2) is 30.3 Å². The molecule has 5 nitrogen and oxygen atoms in total. The highest BCUT2D eigenvalue weighted by Gasteiger charge is 2.29. The summed E-state index contributed by atoms with van der Waals surface area (Å²) in [6.45, 7) is 3.66. The van der Waals surface area contributed by atoms with E-state index in [1.807, 2.05) is 23.1 Å². The number of carbonyl (C=O) groups is 2. The van der Waals surface area contributed by atoms with Gasteiger partial charge in [0.25, 0.3) is 0 Å². The summed E-state index contributed by atoms with van der Waals surface area (Å²) in [5, 5.41) is 0. The van der Waals surface area contributed by atoms with Crippen LogP contribution in [0.3, 0.4) is 0 Å². The number of carbonyl (C=O) groups excluding carboxylic acids is 2. The summed E-state index contributed by atoms with van der Waals surface area (Å²) in [7, 11) is 0. The van der Waals surface area contributed by atoms with Crippen LogP contribution in [0.2, 0.25) is 0 Å². The minimum atomic E-state index is 0.0585. The van der Waals surface area contributed by atoms with Crippen molar-refractivity contribution in [2.24, 2.45) is 5.92 Å².